The third-order valence-corrected chi connectivity index (χ3v) is 2.43. The van der Waals surface area contributed by atoms with E-state index in [1.807, 2.05) is 30.5 Å². The molecule has 66 valence electrons. The lowest BCUT2D eigenvalue weighted by atomic mass is 10.2. The van der Waals surface area contributed by atoms with Crippen LogP contribution in [0.15, 0.2) is 35.4 Å². The first kappa shape index (κ1) is 8.19. The van der Waals surface area contributed by atoms with Gasteiger partial charge in [0.15, 0.2) is 0 Å². The van der Waals surface area contributed by atoms with E-state index in [1.54, 1.807) is 0 Å². The Bertz CT molecular complexity index is 450. The van der Waals surface area contributed by atoms with E-state index in [9.17, 15) is 4.79 Å². The zero-order valence-electron chi connectivity index (χ0n) is 6.78. The summed E-state index contributed by atoms with van der Waals surface area (Å²) >= 11 is 1.04. The lowest BCUT2D eigenvalue weighted by Crippen LogP contribution is -2.01. The van der Waals surface area contributed by atoms with Crippen molar-refractivity contribution in [2.75, 3.05) is 0 Å². The summed E-state index contributed by atoms with van der Waals surface area (Å²) in [6.45, 7) is 0. The van der Waals surface area contributed by atoms with Gasteiger partial charge in [-0.1, -0.05) is 0 Å². The van der Waals surface area contributed by atoms with Crippen LogP contribution in [0.5, 0.6) is 0 Å². The summed E-state index contributed by atoms with van der Waals surface area (Å²) in [7, 11) is 0. The molecule has 0 saturated carbocycles. The maximum absolute atomic E-state index is 10.6. The average Bonchev–Trinajstić information content (AvgIpc) is 2.49. The van der Waals surface area contributed by atoms with Crippen LogP contribution in [0, 0.1) is 0 Å². The van der Waals surface area contributed by atoms with E-state index in [2.05, 4.69) is 4.98 Å². The van der Waals surface area contributed by atoms with E-state index in [0.717, 1.165) is 27.6 Å². The van der Waals surface area contributed by atoms with Crippen molar-refractivity contribution < 1.29 is 4.79 Å². The number of carbonyl (C=O) groups excluding carboxylic acids is 1. The summed E-state index contributed by atoms with van der Waals surface area (Å²) in [5, 5.41) is 0.709. The van der Waals surface area contributed by atoms with Gasteiger partial charge in [-0.15, -0.1) is 0 Å². The van der Waals surface area contributed by atoms with Crippen LogP contribution in [0.1, 0.15) is 0 Å². The Kier molecular flexibility index (Phi) is 1.98. The van der Waals surface area contributed by atoms with Gasteiger partial charge in [0.05, 0.1) is 0 Å². The molecule has 0 aliphatic rings. The molecule has 0 unspecified atom stereocenters. The zero-order chi connectivity index (χ0) is 9.26. The van der Waals surface area contributed by atoms with E-state index in [4.69, 9.17) is 5.73 Å². The number of hydrogen-bond acceptors (Lipinski definition) is 2. The van der Waals surface area contributed by atoms with Gasteiger partial charge in [-0.2, -0.15) is 0 Å². The van der Waals surface area contributed by atoms with E-state index >= 15 is 0 Å². The molecule has 0 aliphatic carbocycles. The van der Waals surface area contributed by atoms with Crippen molar-refractivity contribution in [3.05, 3.63) is 30.5 Å². The van der Waals surface area contributed by atoms with Crippen LogP contribution in [0.25, 0.3) is 10.9 Å². The first-order valence-corrected chi connectivity index (χ1v) is 4.62. The molecule has 2 aromatic rings. The summed E-state index contributed by atoms with van der Waals surface area (Å²) in [6, 6.07) is 7.69. The second-order valence-electron chi connectivity index (χ2n) is 2.65. The minimum atomic E-state index is -0.380. The standard InChI is InChI=1S/C9H8N2OS/c10-9(12)13-7-1-2-8-6(5-7)3-4-11-8/h1-5,11H,(H2,10,12). The fourth-order valence-corrected chi connectivity index (χ4v) is 1.77. The molecule has 2 rings (SSSR count). The van der Waals surface area contributed by atoms with Gasteiger partial charge < -0.3 is 10.7 Å². The number of primary amides is 1. The first-order chi connectivity index (χ1) is 6.25. The Morgan fingerprint density at radius 3 is 3.00 bits per heavy atom. The predicted molar refractivity (Wildman–Crippen MR) is 53.7 cm³/mol. The van der Waals surface area contributed by atoms with E-state index in [-0.39, 0.29) is 5.24 Å². The van der Waals surface area contributed by atoms with Gasteiger partial charge in [0, 0.05) is 22.0 Å². The number of fused-ring (bicyclic) bond motifs is 1. The lowest BCUT2D eigenvalue weighted by molar-refractivity contribution is 0.267. The minimum Gasteiger partial charge on any atom is -0.361 e. The van der Waals surface area contributed by atoms with Gasteiger partial charge >= 0.3 is 0 Å². The summed E-state index contributed by atoms with van der Waals surface area (Å²) < 4.78 is 0. The second-order valence-corrected chi connectivity index (χ2v) is 3.73. The molecule has 3 nitrogen and oxygen atoms in total. The number of amides is 1. The van der Waals surface area contributed by atoms with Crippen LogP contribution in [0.4, 0.5) is 4.79 Å². The van der Waals surface area contributed by atoms with Crippen LogP contribution < -0.4 is 5.73 Å². The molecule has 4 heteroatoms. The molecule has 0 bridgehead atoms. The number of thioether (sulfide) groups is 1. The van der Waals surface area contributed by atoms with Gasteiger partial charge in [0.1, 0.15) is 0 Å². The first-order valence-electron chi connectivity index (χ1n) is 3.80. The Labute approximate surface area is 79.3 Å². The maximum Gasteiger partial charge on any atom is 0.281 e. The largest absolute Gasteiger partial charge is 0.361 e. The molecule has 1 heterocycles. The van der Waals surface area contributed by atoms with Crippen molar-refractivity contribution in [2.45, 2.75) is 4.90 Å². The van der Waals surface area contributed by atoms with Gasteiger partial charge in [0.25, 0.3) is 5.24 Å². The van der Waals surface area contributed by atoms with Gasteiger partial charge in [-0.05, 0) is 36.0 Å². The molecule has 13 heavy (non-hydrogen) atoms. The number of rotatable bonds is 1. The number of hydrogen-bond donors (Lipinski definition) is 2. The Hall–Kier alpha value is -1.42. The minimum absolute atomic E-state index is 0.380. The van der Waals surface area contributed by atoms with E-state index in [1.165, 1.54) is 0 Å². The SMILES string of the molecule is NC(=O)Sc1ccc2[nH]ccc2c1. The smallest absolute Gasteiger partial charge is 0.281 e. The number of H-pyrrole nitrogens is 1. The van der Waals surface area contributed by atoms with Crippen molar-refractivity contribution in [3.63, 3.8) is 0 Å². The predicted octanol–water partition coefficient (Wildman–Crippen LogP) is 2.34. The summed E-state index contributed by atoms with van der Waals surface area (Å²) in [6.07, 6.45) is 1.86. The molecule has 0 fully saturated rings. The van der Waals surface area contributed by atoms with Crippen LogP contribution in [-0.4, -0.2) is 10.2 Å². The number of nitrogens with one attached hydrogen (secondary N) is 1. The van der Waals surface area contributed by atoms with Crippen LogP contribution in [0.2, 0.25) is 0 Å². The number of benzene rings is 1. The van der Waals surface area contributed by atoms with Crippen LogP contribution in [0.3, 0.4) is 0 Å². The summed E-state index contributed by atoms with van der Waals surface area (Å²) in [5.41, 5.74) is 6.12. The molecule has 0 saturated heterocycles. The summed E-state index contributed by atoms with van der Waals surface area (Å²) in [5.74, 6) is 0. The van der Waals surface area contributed by atoms with Gasteiger partial charge in [-0.25, -0.2) is 0 Å². The monoisotopic (exact) mass is 192 g/mol. The number of aromatic amines is 1. The van der Waals surface area contributed by atoms with Crippen LogP contribution in [-0.2, 0) is 0 Å². The highest BCUT2D eigenvalue weighted by Gasteiger charge is 2.00. The maximum atomic E-state index is 10.6. The quantitative estimate of drug-likeness (QED) is 0.681. The molecule has 3 N–H and O–H groups in total. The number of nitrogens with two attached hydrogens (primary N) is 1. The second kappa shape index (κ2) is 3.14. The number of aromatic nitrogens is 1. The highest BCUT2D eigenvalue weighted by molar-refractivity contribution is 8.13. The molecular weight excluding hydrogens is 184 g/mol. The Balaban J connectivity index is 2.42. The molecule has 1 aromatic carbocycles. The van der Waals surface area contributed by atoms with Crippen molar-refractivity contribution in [1.29, 1.82) is 0 Å². The Morgan fingerprint density at radius 2 is 2.23 bits per heavy atom. The average molecular weight is 192 g/mol. The molecule has 0 aliphatic heterocycles. The normalized spacial score (nSPS) is 10.5. The Morgan fingerprint density at radius 1 is 1.38 bits per heavy atom. The summed E-state index contributed by atoms with van der Waals surface area (Å²) in [4.78, 5) is 14.6. The van der Waals surface area contributed by atoms with E-state index in [0.29, 0.717) is 0 Å². The highest BCUT2D eigenvalue weighted by Crippen LogP contribution is 2.22. The molecule has 0 atom stereocenters. The molecule has 0 radical (unpaired) electrons. The van der Waals surface area contributed by atoms with Gasteiger partial charge in [-0.3, -0.25) is 4.79 Å². The van der Waals surface area contributed by atoms with Crippen LogP contribution >= 0.6 is 11.8 Å². The topological polar surface area (TPSA) is 58.9 Å². The molecular formula is C9H8N2OS. The lowest BCUT2D eigenvalue weighted by Gasteiger charge is -1.96. The molecule has 0 spiro atoms. The van der Waals surface area contributed by atoms with Crippen molar-refractivity contribution >= 4 is 27.9 Å². The van der Waals surface area contributed by atoms with Crippen molar-refractivity contribution in [2.24, 2.45) is 5.73 Å². The van der Waals surface area contributed by atoms with Crippen molar-refractivity contribution in [3.8, 4) is 0 Å². The zero-order valence-corrected chi connectivity index (χ0v) is 7.60. The third-order valence-electron chi connectivity index (χ3n) is 1.74. The fourth-order valence-electron chi connectivity index (χ4n) is 1.21. The number of carbonyl (C=O) groups is 1. The fraction of sp³-hybridized carbons (Fsp3) is 0. The van der Waals surface area contributed by atoms with Crippen molar-refractivity contribution in [1.82, 2.24) is 4.98 Å². The third kappa shape index (κ3) is 1.67. The van der Waals surface area contributed by atoms with E-state index < -0.39 is 0 Å². The molecule has 1 amide bonds. The highest BCUT2D eigenvalue weighted by atomic mass is 32.2. The van der Waals surface area contributed by atoms with Gasteiger partial charge in [0.2, 0.25) is 0 Å². The molecule has 1 aromatic heterocycles.